The third-order valence-corrected chi connectivity index (χ3v) is 2.78. The molecule has 0 saturated heterocycles. The van der Waals surface area contributed by atoms with Crippen LogP contribution in [0.25, 0.3) is 0 Å². The highest BCUT2D eigenvalue weighted by atomic mass is 14.7. The predicted octanol–water partition coefficient (Wildman–Crippen LogP) is 2.38. The molecule has 1 aliphatic rings. The largest absolute Gasteiger partial charge is 0.261 e. The molecule has 0 saturated carbocycles. The van der Waals surface area contributed by atoms with Crippen LogP contribution in [0.5, 0.6) is 0 Å². The van der Waals surface area contributed by atoms with Gasteiger partial charge in [0.05, 0.1) is 0 Å². The fourth-order valence-electron chi connectivity index (χ4n) is 1.82. The van der Waals surface area contributed by atoms with Gasteiger partial charge in [0.15, 0.2) is 0 Å². The van der Waals surface area contributed by atoms with Crippen molar-refractivity contribution in [1.82, 2.24) is 4.98 Å². The number of nitrogens with zero attached hydrogens (tertiary/aromatic N) is 1. The summed E-state index contributed by atoms with van der Waals surface area (Å²) in [5.41, 5.74) is 2.77. The summed E-state index contributed by atoms with van der Waals surface area (Å²) in [4.78, 5) is 4.36. The van der Waals surface area contributed by atoms with E-state index in [0.717, 1.165) is 12.3 Å². The number of hydrogen-bond acceptors (Lipinski definition) is 1. The van der Waals surface area contributed by atoms with Crippen molar-refractivity contribution in [2.45, 2.75) is 26.2 Å². The van der Waals surface area contributed by atoms with E-state index in [-0.39, 0.29) is 0 Å². The smallest absolute Gasteiger partial charge is 0.0441 e. The summed E-state index contributed by atoms with van der Waals surface area (Å²) in [5, 5.41) is 0. The molecule has 11 heavy (non-hydrogen) atoms. The van der Waals surface area contributed by atoms with E-state index >= 15 is 0 Å². The summed E-state index contributed by atoms with van der Waals surface area (Å²) < 4.78 is 0. The molecule has 0 radical (unpaired) electrons. The molecular formula is C10H13N. The standard InChI is InChI=1S/C10H13N/c1-7-6-10-9(8(7)2)4-3-5-11-10/h3-5,7-8H,6H2,1-2H3/t7-,8-/m0/s1. The monoisotopic (exact) mass is 147 g/mol. The van der Waals surface area contributed by atoms with Crippen molar-refractivity contribution in [3.05, 3.63) is 29.6 Å². The van der Waals surface area contributed by atoms with Gasteiger partial charge in [-0.15, -0.1) is 0 Å². The van der Waals surface area contributed by atoms with E-state index < -0.39 is 0 Å². The Balaban J connectivity index is 2.47. The first kappa shape index (κ1) is 6.84. The molecule has 1 aromatic rings. The van der Waals surface area contributed by atoms with Crippen LogP contribution in [0.1, 0.15) is 31.0 Å². The molecule has 1 heterocycles. The minimum atomic E-state index is 0.707. The van der Waals surface area contributed by atoms with Crippen molar-refractivity contribution in [3.8, 4) is 0 Å². The van der Waals surface area contributed by atoms with E-state index in [0.29, 0.717) is 5.92 Å². The lowest BCUT2D eigenvalue weighted by atomic mass is 9.97. The molecule has 1 nitrogen and oxygen atoms in total. The van der Waals surface area contributed by atoms with Gasteiger partial charge in [0.1, 0.15) is 0 Å². The molecule has 0 aromatic carbocycles. The maximum absolute atomic E-state index is 4.36. The Kier molecular flexibility index (Phi) is 1.45. The normalized spacial score (nSPS) is 28.5. The van der Waals surface area contributed by atoms with Crippen molar-refractivity contribution in [2.75, 3.05) is 0 Å². The Morgan fingerprint density at radius 1 is 1.45 bits per heavy atom. The Morgan fingerprint density at radius 2 is 2.27 bits per heavy atom. The molecule has 0 aliphatic heterocycles. The van der Waals surface area contributed by atoms with Gasteiger partial charge in [0.2, 0.25) is 0 Å². The van der Waals surface area contributed by atoms with E-state index in [9.17, 15) is 0 Å². The van der Waals surface area contributed by atoms with Crippen LogP contribution < -0.4 is 0 Å². The second kappa shape index (κ2) is 2.33. The van der Waals surface area contributed by atoms with Crippen molar-refractivity contribution >= 4 is 0 Å². The zero-order chi connectivity index (χ0) is 7.84. The topological polar surface area (TPSA) is 12.9 Å². The minimum Gasteiger partial charge on any atom is -0.261 e. The van der Waals surface area contributed by atoms with Crippen LogP contribution in [-0.4, -0.2) is 4.98 Å². The Morgan fingerprint density at radius 3 is 3.00 bits per heavy atom. The van der Waals surface area contributed by atoms with Crippen molar-refractivity contribution < 1.29 is 0 Å². The maximum atomic E-state index is 4.36. The first-order valence-electron chi connectivity index (χ1n) is 4.23. The van der Waals surface area contributed by atoms with E-state index in [1.54, 1.807) is 0 Å². The fraction of sp³-hybridized carbons (Fsp3) is 0.500. The molecule has 2 rings (SSSR count). The Bertz CT molecular complexity index is 267. The predicted molar refractivity (Wildman–Crippen MR) is 45.5 cm³/mol. The van der Waals surface area contributed by atoms with E-state index in [4.69, 9.17) is 0 Å². The highest BCUT2D eigenvalue weighted by Crippen LogP contribution is 2.35. The molecule has 0 fully saturated rings. The molecule has 0 unspecified atom stereocenters. The number of pyridine rings is 1. The lowest BCUT2D eigenvalue weighted by Gasteiger charge is -2.07. The van der Waals surface area contributed by atoms with Gasteiger partial charge in [-0.25, -0.2) is 0 Å². The maximum Gasteiger partial charge on any atom is 0.0441 e. The average molecular weight is 147 g/mol. The SMILES string of the molecule is C[C@@H]1c2cccnc2C[C@@H]1C. The minimum absolute atomic E-state index is 0.707. The molecule has 0 N–H and O–H groups in total. The summed E-state index contributed by atoms with van der Waals surface area (Å²) in [6.45, 7) is 4.59. The van der Waals surface area contributed by atoms with Gasteiger partial charge in [-0.3, -0.25) is 4.98 Å². The van der Waals surface area contributed by atoms with Crippen LogP contribution >= 0.6 is 0 Å². The van der Waals surface area contributed by atoms with E-state index in [2.05, 4.69) is 24.9 Å². The van der Waals surface area contributed by atoms with Gasteiger partial charge in [-0.2, -0.15) is 0 Å². The first-order valence-corrected chi connectivity index (χ1v) is 4.23. The zero-order valence-electron chi connectivity index (χ0n) is 7.04. The fourth-order valence-corrected chi connectivity index (χ4v) is 1.82. The number of fused-ring (bicyclic) bond motifs is 1. The number of aromatic nitrogens is 1. The number of rotatable bonds is 0. The summed E-state index contributed by atoms with van der Waals surface area (Å²) in [5.74, 6) is 1.48. The average Bonchev–Trinajstić information content (AvgIpc) is 2.30. The molecular weight excluding hydrogens is 134 g/mol. The summed E-state index contributed by atoms with van der Waals surface area (Å²) in [6.07, 6.45) is 3.06. The molecule has 0 amide bonds. The van der Waals surface area contributed by atoms with Crippen molar-refractivity contribution in [1.29, 1.82) is 0 Å². The van der Waals surface area contributed by atoms with Crippen LogP contribution in [0.15, 0.2) is 18.3 Å². The lowest BCUT2D eigenvalue weighted by Crippen LogP contribution is -1.97. The Labute approximate surface area is 67.5 Å². The summed E-state index contributed by atoms with van der Waals surface area (Å²) in [7, 11) is 0. The third kappa shape index (κ3) is 0.953. The molecule has 58 valence electrons. The zero-order valence-corrected chi connectivity index (χ0v) is 7.04. The van der Waals surface area contributed by atoms with Gasteiger partial charge in [-0.1, -0.05) is 19.9 Å². The van der Waals surface area contributed by atoms with Crippen LogP contribution in [0.2, 0.25) is 0 Å². The van der Waals surface area contributed by atoms with Crippen LogP contribution in [0.4, 0.5) is 0 Å². The molecule has 1 aliphatic carbocycles. The van der Waals surface area contributed by atoms with Gasteiger partial charge >= 0.3 is 0 Å². The lowest BCUT2D eigenvalue weighted by molar-refractivity contribution is 0.530. The molecule has 1 heteroatoms. The van der Waals surface area contributed by atoms with Crippen LogP contribution in [0, 0.1) is 5.92 Å². The van der Waals surface area contributed by atoms with Gasteiger partial charge in [-0.05, 0) is 29.9 Å². The summed E-state index contributed by atoms with van der Waals surface area (Å²) in [6, 6.07) is 4.24. The second-order valence-electron chi connectivity index (χ2n) is 3.51. The molecule has 0 bridgehead atoms. The van der Waals surface area contributed by atoms with Crippen LogP contribution in [0.3, 0.4) is 0 Å². The second-order valence-corrected chi connectivity index (χ2v) is 3.51. The highest BCUT2D eigenvalue weighted by molar-refractivity contribution is 5.29. The molecule has 0 spiro atoms. The third-order valence-electron chi connectivity index (χ3n) is 2.78. The van der Waals surface area contributed by atoms with Crippen molar-refractivity contribution in [3.63, 3.8) is 0 Å². The van der Waals surface area contributed by atoms with E-state index in [1.807, 2.05) is 12.3 Å². The highest BCUT2D eigenvalue weighted by Gasteiger charge is 2.25. The first-order chi connectivity index (χ1) is 5.29. The summed E-state index contributed by atoms with van der Waals surface area (Å²) >= 11 is 0. The number of hydrogen-bond donors (Lipinski definition) is 0. The van der Waals surface area contributed by atoms with Gasteiger partial charge in [0.25, 0.3) is 0 Å². The van der Waals surface area contributed by atoms with Gasteiger partial charge in [0, 0.05) is 11.9 Å². The quantitative estimate of drug-likeness (QED) is 0.549. The Hall–Kier alpha value is -0.850. The van der Waals surface area contributed by atoms with E-state index in [1.165, 1.54) is 11.3 Å². The molecule has 1 aromatic heterocycles. The van der Waals surface area contributed by atoms with Crippen LogP contribution in [-0.2, 0) is 6.42 Å². The van der Waals surface area contributed by atoms with Crippen molar-refractivity contribution in [2.24, 2.45) is 5.92 Å². The molecule has 2 atom stereocenters. The van der Waals surface area contributed by atoms with Gasteiger partial charge < -0.3 is 0 Å².